The van der Waals surface area contributed by atoms with Gasteiger partial charge < -0.3 is 21.1 Å². The number of carbonyl (C=O) groups excluding carboxylic acids is 1. The van der Waals surface area contributed by atoms with Gasteiger partial charge in [0.05, 0.1) is 6.42 Å². The summed E-state index contributed by atoms with van der Waals surface area (Å²) in [5, 5.41) is 13.2. The molecule has 0 radical (unpaired) electrons. The number of nitrogens with one attached hydrogen (secondary N) is 1. The number of amides is 1. The number of nitrogens with two attached hydrogens (primary N) is 1. The average molecular weight is 364 g/mol. The van der Waals surface area contributed by atoms with Crippen LogP contribution in [0.4, 0.5) is 0 Å². The van der Waals surface area contributed by atoms with E-state index in [1.807, 2.05) is 18.4 Å². The monoisotopic (exact) mass is 363 g/mol. The molecule has 0 fully saturated rings. The third-order valence-electron chi connectivity index (χ3n) is 4.41. The maximum Gasteiger partial charge on any atom is 0.228 e. The molecule has 0 aliphatic carbocycles. The number of carbonyl (C=O) groups is 1. The Morgan fingerprint density at radius 1 is 1.44 bits per heavy atom. The highest BCUT2D eigenvalue weighted by Gasteiger charge is 2.28. The molecule has 0 spiro atoms. The minimum atomic E-state index is -0.199. The fraction of sp³-hybridized carbons (Fsp3) is 0.421. The van der Waals surface area contributed by atoms with Crippen LogP contribution in [0.25, 0.3) is 0 Å². The number of allylic oxidation sites excluding steroid dienone is 1. The highest BCUT2D eigenvalue weighted by molar-refractivity contribution is 6.30. The number of benzene rings is 1. The van der Waals surface area contributed by atoms with Gasteiger partial charge in [-0.25, -0.2) is 0 Å². The number of aromatic hydroxyl groups is 1. The first-order chi connectivity index (χ1) is 11.7. The van der Waals surface area contributed by atoms with E-state index in [2.05, 4.69) is 31.0 Å². The molecule has 5 nitrogen and oxygen atoms in total. The van der Waals surface area contributed by atoms with Crippen LogP contribution in [0.1, 0.15) is 32.8 Å². The second-order valence-corrected chi connectivity index (χ2v) is 7.37. The molecule has 136 valence electrons. The van der Waals surface area contributed by atoms with E-state index in [-0.39, 0.29) is 29.7 Å². The lowest BCUT2D eigenvalue weighted by molar-refractivity contribution is -0.119. The molecular weight excluding hydrogens is 338 g/mol. The molecule has 1 unspecified atom stereocenters. The summed E-state index contributed by atoms with van der Waals surface area (Å²) in [5.74, 6) is -0.133. The molecule has 0 saturated heterocycles. The van der Waals surface area contributed by atoms with Gasteiger partial charge in [0.25, 0.3) is 0 Å². The SMILES string of the molecule is CC1C=C(NC(=O)Cc2cc(Cl)ccc2O)C=CN1C(C)(C)CCN. The molecule has 1 aliphatic heterocycles. The van der Waals surface area contributed by atoms with Crippen molar-refractivity contribution in [1.29, 1.82) is 0 Å². The van der Waals surface area contributed by atoms with Gasteiger partial charge in [-0.3, -0.25) is 4.79 Å². The van der Waals surface area contributed by atoms with E-state index >= 15 is 0 Å². The molecule has 1 heterocycles. The number of phenolic OH excluding ortho intramolecular Hbond substituents is 1. The topological polar surface area (TPSA) is 78.6 Å². The normalized spacial score (nSPS) is 17.4. The Labute approximate surface area is 154 Å². The summed E-state index contributed by atoms with van der Waals surface area (Å²) in [6, 6.07) is 4.82. The van der Waals surface area contributed by atoms with Gasteiger partial charge in [-0.15, -0.1) is 0 Å². The molecule has 1 atom stereocenters. The molecule has 1 amide bonds. The first-order valence-corrected chi connectivity index (χ1v) is 8.76. The predicted molar refractivity (Wildman–Crippen MR) is 101 cm³/mol. The van der Waals surface area contributed by atoms with Gasteiger partial charge in [-0.05, 0) is 64.1 Å². The molecule has 25 heavy (non-hydrogen) atoms. The molecule has 1 aromatic rings. The van der Waals surface area contributed by atoms with Crippen LogP contribution < -0.4 is 11.1 Å². The number of hydrogen-bond acceptors (Lipinski definition) is 4. The Hall–Kier alpha value is -1.98. The zero-order valence-electron chi connectivity index (χ0n) is 14.9. The van der Waals surface area contributed by atoms with Crippen LogP contribution >= 0.6 is 11.6 Å². The fourth-order valence-electron chi connectivity index (χ4n) is 3.08. The molecule has 1 aromatic carbocycles. The summed E-state index contributed by atoms with van der Waals surface area (Å²) < 4.78 is 0. The van der Waals surface area contributed by atoms with Crippen molar-refractivity contribution in [2.24, 2.45) is 5.73 Å². The van der Waals surface area contributed by atoms with Crippen molar-refractivity contribution < 1.29 is 9.90 Å². The predicted octanol–water partition coefficient (Wildman–Crippen LogP) is 2.93. The lowest BCUT2D eigenvalue weighted by Crippen LogP contribution is -2.47. The van der Waals surface area contributed by atoms with Crippen LogP contribution in [0.5, 0.6) is 5.75 Å². The van der Waals surface area contributed by atoms with Gasteiger partial charge in [0.1, 0.15) is 5.75 Å². The van der Waals surface area contributed by atoms with E-state index in [1.54, 1.807) is 12.1 Å². The van der Waals surface area contributed by atoms with Crippen LogP contribution in [0.15, 0.2) is 42.2 Å². The van der Waals surface area contributed by atoms with Crippen molar-refractivity contribution in [2.45, 2.75) is 45.2 Å². The van der Waals surface area contributed by atoms with Crippen LogP contribution in [-0.2, 0) is 11.2 Å². The molecule has 0 aromatic heterocycles. The lowest BCUT2D eigenvalue weighted by Gasteiger charge is -2.43. The second kappa shape index (κ2) is 7.93. The van der Waals surface area contributed by atoms with Crippen molar-refractivity contribution in [3.63, 3.8) is 0 Å². The van der Waals surface area contributed by atoms with E-state index in [1.165, 1.54) is 6.07 Å². The maximum atomic E-state index is 12.3. The third-order valence-corrected chi connectivity index (χ3v) is 4.64. The minimum Gasteiger partial charge on any atom is -0.508 e. The number of rotatable bonds is 6. The van der Waals surface area contributed by atoms with Gasteiger partial charge in [0.2, 0.25) is 5.91 Å². The smallest absolute Gasteiger partial charge is 0.228 e. The van der Waals surface area contributed by atoms with E-state index in [0.717, 1.165) is 12.1 Å². The molecule has 0 saturated carbocycles. The van der Waals surface area contributed by atoms with Crippen LogP contribution in [-0.4, -0.2) is 34.0 Å². The van der Waals surface area contributed by atoms with Crippen LogP contribution in [0.2, 0.25) is 5.02 Å². The fourth-order valence-corrected chi connectivity index (χ4v) is 3.28. The average Bonchev–Trinajstić information content (AvgIpc) is 2.50. The van der Waals surface area contributed by atoms with Crippen molar-refractivity contribution in [3.05, 3.63) is 52.8 Å². The largest absolute Gasteiger partial charge is 0.508 e. The summed E-state index contributed by atoms with van der Waals surface area (Å²) in [7, 11) is 0. The van der Waals surface area contributed by atoms with E-state index in [9.17, 15) is 9.90 Å². The summed E-state index contributed by atoms with van der Waals surface area (Å²) in [6.45, 7) is 7.01. The first-order valence-electron chi connectivity index (χ1n) is 8.39. The van der Waals surface area contributed by atoms with E-state index in [0.29, 0.717) is 17.1 Å². The van der Waals surface area contributed by atoms with Gasteiger partial charge in [-0.1, -0.05) is 11.6 Å². The van der Waals surface area contributed by atoms with Crippen molar-refractivity contribution in [1.82, 2.24) is 10.2 Å². The molecule has 4 N–H and O–H groups in total. The molecular formula is C19H26ClN3O2. The molecule has 0 bridgehead atoms. The first kappa shape index (κ1) is 19.3. The number of hydrogen-bond donors (Lipinski definition) is 3. The van der Waals surface area contributed by atoms with Crippen molar-refractivity contribution in [3.8, 4) is 5.75 Å². The van der Waals surface area contributed by atoms with E-state index in [4.69, 9.17) is 17.3 Å². The zero-order chi connectivity index (χ0) is 18.6. The van der Waals surface area contributed by atoms with Crippen molar-refractivity contribution in [2.75, 3.05) is 6.54 Å². The Kier molecular flexibility index (Phi) is 6.14. The molecule has 6 heteroatoms. The summed E-state index contributed by atoms with van der Waals surface area (Å²) >= 11 is 5.92. The summed E-state index contributed by atoms with van der Waals surface area (Å²) in [6.07, 6.45) is 6.83. The Morgan fingerprint density at radius 3 is 2.80 bits per heavy atom. The third kappa shape index (κ3) is 5.00. The summed E-state index contributed by atoms with van der Waals surface area (Å²) in [4.78, 5) is 14.5. The Balaban J connectivity index is 2.01. The number of halogens is 1. The highest BCUT2D eigenvalue weighted by atomic mass is 35.5. The minimum absolute atomic E-state index is 0.0523. The van der Waals surface area contributed by atoms with Gasteiger partial charge in [-0.2, -0.15) is 0 Å². The van der Waals surface area contributed by atoms with Gasteiger partial charge >= 0.3 is 0 Å². The quantitative estimate of drug-likeness (QED) is 0.726. The second-order valence-electron chi connectivity index (χ2n) is 6.93. The lowest BCUT2D eigenvalue weighted by atomic mass is 9.95. The maximum absolute atomic E-state index is 12.3. The van der Waals surface area contributed by atoms with Gasteiger partial charge in [0.15, 0.2) is 0 Å². The van der Waals surface area contributed by atoms with E-state index < -0.39 is 0 Å². The summed E-state index contributed by atoms with van der Waals surface area (Å²) in [5.41, 5.74) is 6.90. The number of phenols is 1. The molecule has 2 rings (SSSR count). The Bertz CT molecular complexity index is 698. The standard InChI is InChI=1S/C19H26ClN3O2/c1-13-10-16(6-9-23(13)19(2,3)7-8-21)22-18(25)12-14-11-15(20)4-5-17(14)24/h4-6,9-11,13,24H,7-8,12,21H2,1-3H3,(H,22,25). The van der Waals surface area contributed by atoms with Crippen molar-refractivity contribution >= 4 is 17.5 Å². The van der Waals surface area contributed by atoms with Crippen LogP contribution in [0, 0.1) is 0 Å². The Morgan fingerprint density at radius 2 is 2.16 bits per heavy atom. The highest BCUT2D eigenvalue weighted by Crippen LogP contribution is 2.26. The number of nitrogens with zero attached hydrogens (tertiary/aromatic N) is 1. The van der Waals surface area contributed by atoms with Gasteiger partial charge in [0, 0.05) is 34.1 Å². The molecule has 1 aliphatic rings. The zero-order valence-corrected chi connectivity index (χ0v) is 15.7. The van der Waals surface area contributed by atoms with Crippen LogP contribution in [0.3, 0.4) is 0 Å².